The maximum absolute atomic E-state index is 14.7. The van der Waals surface area contributed by atoms with Crippen molar-refractivity contribution in [3.05, 3.63) is 78.2 Å². The van der Waals surface area contributed by atoms with E-state index in [1.165, 1.54) is 7.11 Å². The Morgan fingerprint density at radius 1 is 1.14 bits per heavy atom. The van der Waals surface area contributed by atoms with Crippen LogP contribution in [0.3, 0.4) is 0 Å². The van der Waals surface area contributed by atoms with Crippen molar-refractivity contribution in [3.63, 3.8) is 0 Å². The minimum atomic E-state index is -0.993. The van der Waals surface area contributed by atoms with Gasteiger partial charge in [0.05, 0.1) is 11.7 Å². The molecular weight excluding hydrogens is 455 g/mol. The summed E-state index contributed by atoms with van der Waals surface area (Å²) >= 11 is 0. The first kappa shape index (κ1) is 26.0. The molecule has 6 nitrogen and oxygen atoms in total. The average Bonchev–Trinajstić information content (AvgIpc) is 3.45. The fourth-order valence-electron chi connectivity index (χ4n) is 4.99. The van der Waals surface area contributed by atoms with Gasteiger partial charge in [-0.25, -0.2) is 9.37 Å². The number of methoxy groups -OCH3 is 1. The van der Waals surface area contributed by atoms with Gasteiger partial charge in [-0.1, -0.05) is 81.4 Å². The number of halogens is 1. The highest BCUT2D eigenvalue weighted by molar-refractivity contribution is 5.78. The number of ether oxygens (including phenoxy) is 1. The predicted octanol–water partition coefficient (Wildman–Crippen LogP) is 4.72. The van der Waals surface area contributed by atoms with Gasteiger partial charge < -0.3 is 19.5 Å². The smallest absolute Gasteiger partial charge is 0.249 e. The molecule has 0 spiro atoms. The summed E-state index contributed by atoms with van der Waals surface area (Å²) in [6.45, 7) is 8.04. The van der Waals surface area contributed by atoms with Gasteiger partial charge in [0.25, 0.3) is 0 Å². The zero-order valence-corrected chi connectivity index (χ0v) is 21.7. The quantitative estimate of drug-likeness (QED) is 0.470. The molecule has 0 unspecified atom stereocenters. The summed E-state index contributed by atoms with van der Waals surface area (Å²) in [5.41, 5.74) is 2.63. The van der Waals surface area contributed by atoms with E-state index in [0.717, 1.165) is 22.6 Å². The summed E-state index contributed by atoms with van der Waals surface area (Å²) in [6, 6.07) is 19.9. The molecule has 36 heavy (non-hydrogen) atoms. The second-order valence-corrected chi connectivity index (χ2v) is 10.6. The lowest BCUT2D eigenvalue weighted by Gasteiger charge is -2.41. The SMILES string of the molecule is COCC(=O)N(C[C@H]1CNC[C@H]1F)[C@@H](c1nc(-c2ccccc2)cn1Cc1ccccc1)C(C)(C)C. The van der Waals surface area contributed by atoms with E-state index in [2.05, 4.69) is 49.0 Å². The van der Waals surface area contributed by atoms with Gasteiger partial charge in [0.1, 0.15) is 18.6 Å². The third-order valence-corrected chi connectivity index (χ3v) is 6.73. The van der Waals surface area contributed by atoms with Gasteiger partial charge in [0, 0.05) is 51.0 Å². The van der Waals surface area contributed by atoms with E-state index in [1.807, 2.05) is 48.5 Å². The fourth-order valence-corrected chi connectivity index (χ4v) is 4.99. The molecule has 1 fully saturated rings. The Labute approximate surface area is 213 Å². The van der Waals surface area contributed by atoms with Gasteiger partial charge >= 0.3 is 0 Å². The Morgan fingerprint density at radius 3 is 2.39 bits per heavy atom. The Morgan fingerprint density at radius 2 is 1.81 bits per heavy atom. The van der Waals surface area contributed by atoms with Crippen LogP contribution in [0.25, 0.3) is 11.3 Å². The molecular formula is C29H37FN4O2. The second kappa shape index (κ2) is 11.4. The van der Waals surface area contributed by atoms with Crippen molar-refractivity contribution in [1.82, 2.24) is 19.8 Å². The zero-order valence-electron chi connectivity index (χ0n) is 21.7. The topological polar surface area (TPSA) is 59.4 Å². The summed E-state index contributed by atoms with van der Waals surface area (Å²) in [6.07, 6.45) is 1.07. The molecule has 0 aliphatic carbocycles. The van der Waals surface area contributed by atoms with Gasteiger partial charge in [0.2, 0.25) is 5.91 Å². The van der Waals surface area contributed by atoms with Gasteiger partial charge in [0.15, 0.2) is 0 Å². The molecule has 2 heterocycles. The predicted molar refractivity (Wildman–Crippen MR) is 140 cm³/mol. The van der Waals surface area contributed by atoms with Crippen LogP contribution < -0.4 is 5.32 Å². The first-order chi connectivity index (χ1) is 17.3. The zero-order chi connectivity index (χ0) is 25.7. The number of alkyl halides is 1. The molecule has 3 aromatic rings. The van der Waals surface area contributed by atoms with Crippen LogP contribution >= 0.6 is 0 Å². The van der Waals surface area contributed by atoms with Gasteiger partial charge in [-0.3, -0.25) is 4.79 Å². The monoisotopic (exact) mass is 492 g/mol. The molecule has 1 aliphatic heterocycles. The van der Waals surface area contributed by atoms with Gasteiger partial charge in [-0.15, -0.1) is 0 Å². The molecule has 1 amide bonds. The van der Waals surface area contributed by atoms with Crippen LogP contribution in [-0.2, 0) is 16.1 Å². The molecule has 4 rings (SSSR count). The molecule has 7 heteroatoms. The Hall–Kier alpha value is -3.03. The number of rotatable bonds is 9. The summed E-state index contributed by atoms with van der Waals surface area (Å²) in [7, 11) is 1.51. The van der Waals surface area contributed by atoms with E-state index in [4.69, 9.17) is 9.72 Å². The van der Waals surface area contributed by atoms with Crippen LogP contribution in [0.1, 0.15) is 38.2 Å². The number of benzene rings is 2. The number of imidazole rings is 1. The van der Waals surface area contributed by atoms with Crippen molar-refractivity contribution in [1.29, 1.82) is 0 Å². The van der Waals surface area contributed by atoms with Crippen molar-refractivity contribution in [2.75, 3.05) is 33.4 Å². The highest BCUT2D eigenvalue weighted by Gasteiger charge is 2.41. The third kappa shape index (κ3) is 6.02. The van der Waals surface area contributed by atoms with Gasteiger partial charge in [-0.05, 0) is 11.0 Å². The van der Waals surface area contributed by atoms with E-state index >= 15 is 0 Å². The van der Waals surface area contributed by atoms with Crippen LogP contribution in [0.5, 0.6) is 0 Å². The van der Waals surface area contributed by atoms with E-state index < -0.39 is 6.17 Å². The number of nitrogens with one attached hydrogen (secondary N) is 1. The molecule has 192 valence electrons. The molecule has 3 atom stereocenters. The molecule has 0 bridgehead atoms. The first-order valence-electron chi connectivity index (χ1n) is 12.6. The first-order valence-corrected chi connectivity index (χ1v) is 12.6. The number of carbonyl (C=O) groups is 1. The molecule has 1 N–H and O–H groups in total. The normalized spacial score (nSPS) is 18.8. The van der Waals surface area contributed by atoms with Crippen molar-refractivity contribution >= 4 is 5.91 Å². The number of amides is 1. The Balaban J connectivity index is 1.82. The van der Waals surface area contributed by atoms with E-state index in [0.29, 0.717) is 26.2 Å². The van der Waals surface area contributed by atoms with Crippen molar-refractivity contribution in [2.45, 2.75) is 39.5 Å². The highest BCUT2D eigenvalue weighted by Crippen LogP contribution is 2.40. The minimum absolute atomic E-state index is 0.0609. The van der Waals surface area contributed by atoms with E-state index in [1.54, 1.807) is 4.90 Å². The summed E-state index contributed by atoms with van der Waals surface area (Å²) in [5.74, 6) is 0.352. The maximum atomic E-state index is 14.7. The van der Waals surface area contributed by atoms with Crippen LogP contribution in [0.2, 0.25) is 0 Å². The maximum Gasteiger partial charge on any atom is 0.249 e. The van der Waals surface area contributed by atoms with Crippen molar-refractivity contribution in [3.8, 4) is 11.3 Å². The average molecular weight is 493 g/mol. The van der Waals surface area contributed by atoms with E-state index in [-0.39, 0.29) is 29.9 Å². The third-order valence-electron chi connectivity index (χ3n) is 6.73. The minimum Gasteiger partial charge on any atom is -0.375 e. The molecule has 0 saturated carbocycles. The van der Waals surface area contributed by atoms with Gasteiger partial charge in [-0.2, -0.15) is 0 Å². The van der Waals surface area contributed by atoms with Crippen LogP contribution in [-0.4, -0.2) is 59.9 Å². The Bertz CT molecular complexity index is 1130. The fraction of sp³-hybridized carbons (Fsp3) is 0.448. The number of carbonyl (C=O) groups excluding carboxylic acids is 1. The lowest BCUT2D eigenvalue weighted by Crippen LogP contribution is -2.47. The lowest BCUT2D eigenvalue weighted by atomic mass is 9.84. The molecule has 1 saturated heterocycles. The largest absolute Gasteiger partial charge is 0.375 e. The summed E-state index contributed by atoms with van der Waals surface area (Å²) in [5, 5.41) is 3.12. The van der Waals surface area contributed by atoms with Crippen LogP contribution in [0.15, 0.2) is 66.9 Å². The van der Waals surface area contributed by atoms with Crippen LogP contribution in [0.4, 0.5) is 4.39 Å². The molecule has 1 aliphatic rings. The number of nitrogens with zero attached hydrogens (tertiary/aromatic N) is 3. The number of hydrogen-bond acceptors (Lipinski definition) is 4. The number of hydrogen-bond donors (Lipinski definition) is 1. The molecule has 2 aromatic carbocycles. The molecule has 0 radical (unpaired) electrons. The van der Waals surface area contributed by atoms with Crippen molar-refractivity contribution in [2.24, 2.45) is 11.3 Å². The summed E-state index contributed by atoms with van der Waals surface area (Å²) < 4.78 is 22.1. The van der Waals surface area contributed by atoms with Crippen molar-refractivity contribution < 1.29 is 13.9 Å². The van der Waals surface area contributed by atoms with Crippen LogP contribution in [0, 0.1) is 11.3 Å². The standard InChI is InChI=1S/C29H37FN4O2/c1-29(2,3)27(34(26(35)20-36-4)18-23-15-31-16-24(23)30)28-32-25(22-13-9-6-10-14-22)19-33(28)17-21-11-7-5-8-12-21/h5-14,19,23-24,27,31H,15-18,20H2,1-4H3/t23-,24-,27+/m1/s1. The van der Waals surface area contributed by atoms with E-state index in [9.17, 15) is 9.18 Å². The number of aromatic nitrogens is 2. The summed E-state index contributed by atoms with van der Waals surface area (Å²) in [4.78, 5) is 20.4. The molecule has 1 aromatic heterocycles. The Kier molecular flexibility index (Phi) is 8.21. The lowest BCUT2D eigenvalue weighted by molar-refractivity contribution is -0.141. The second-order valence-electron chi connectivity index (χ2n) is 10.6. The highest BCUT2D eigenvalue weighted by atomic mass is 19.1.